The van der Waals surface area contributed by atoms with Gasteiger partial charge in [0.05, 0.1) is 22.4 Å². The molecule has 21 heavy (non-hydrogen) atoms. The fourth-order valence-electron chi connectivity index (χ4n) is 2.17. The summed E-state index contributed by atoms with van der Waals surface area (Å²) in [5.74, 6) is 0. The van der Waals surface area contributed by atoms with E-state index in [0.29, 0.717) is 0 Å². The first-order valence-corrected chi connectivity index (χ1v) is 8.58. The first-order chi connectivity index (χ1) is 10.4. The van der Waals surface area contributed by atoms with Gasteiger partial charge in [0.15, 0.2) is 0 Å². The Labute approximate surface area is 132 Å². The zero-order valence-electron chi connectivity index (χ0n) is 11.7. The molecule has 1 aromatic carbocycles. The highest BCUT2D eigenvalue weighted by Gasteiger charge is 2.16. The summed E-state index contributed by atoms with van der Waals surface area (Å²) in [6.07, 6.45) is 0.844. The monoisotopic (exact) mass is 316 g/mol. The average molecular weight is 316 g/mol. The number of benzene rings is 1. The quantitative estimate of drug-likeness (QED) is 0.755. The van der Waals surface area contributed by atoms with Crippen molar-refractivity contribution in [2.75, 3.05) is 6.54 Å². The van der Waals surface area contributed by atoms with Crippen LogP contribution < -0.4 is 5.32 Å². The summed E-state index contributed by atoms with van der Waals surface area (Å²) in [4.78, 5) is 4.75. The second-order valence-corrected chi connectivity index (χ2v) is 6.19. The minimum atomic E-state index is 0.184. The van der Waals surface area contributed by atoms with E-state index >= 15 is 0 Å². The van der Waals surface area contributed by atoms with E-state index in [0.717, 1.165) is 34.9 Å². The molecular weight excluding hydrogens is 300 g/mol. The van der Waals surface area contributed by atoms with E-state index in [4.69, 9.17) is 4.98 Å². The fraction of sp³-hybridized carbons (Fsp3) is 0.267. The van der Waals surface area contributed by atoms with Gasteiger partial charge >= 0.3 is 0 Å². The van der Waals surface area contributed by atoms with Gasteiger partial charge in [0.1, 0.15) is 0 Å². The molecule has 0 aliphatic heterocycles. The molecule has 0 saturated heterocycles. The molecular formula is C15H16N4S2. The molecule has 1 unspecified atom stereocenters. The van der Waals surface area contributed by atoms with Gasteiger partial charge < -0.3 is 5.32 Å². The molecule has 0 fully saturated rings. The SMILES string of the molecule is CCNC(Cc1nc(-c2ccccc2)cs1)c1csnn1. The van der Waals surface area contributed by atoms with Gasteiger partial charge in [0.2, 0.25) is 0 Å². The zero-order chi connectivity index (χ0) is 14.5. The predicted octanol–water partition coefficient (Wildman–Crippen LogP) is 3.55. The molecule has 1 atom stereocenters. The molecule has 0 aliphatic carbocycles. The Hall–Kier alpha value is -1.63. The van der Waals surface area contributed by atoms with Crippen LogP contribution >= 0.6 is 22.9 Å². The van der Waals surface area contributed by atoms with Crippen LogP contribution in [-0.2, 0) is 6.42 Å². The number of thiazole rings is 1. The lowest BCUT2D eigenvalue weighted by molar-refractivity contribution is 0.534. The van der Waals surface area contributed by atoms with E-state index < -0.39 is 0 Å². The van der Waals surface area contributed by atoms with Crippen molar-refractivity contribution in [1.29, 1.82) is 0 Å². The molecule has 0 bridgehead atoms. The molecule has 2 heterocycles. The van der Waals surface area contributed by atoms with E-state index in [1.807, 2.05) is 23.6 Å². The molecule has 3 rings (SSSR count). The first-order valence-electron chi connectivity index (χ1n) is 6.87. The number of likely N-dealkylation sites (N-methyl/N-ethyl adjacent to an activating group) is 1. The van der Waals surface area contributed by atoms with Gasteiger partial charge in [-0.15, -0.1) is 16.4 Å². The van der Waals surface area contributed by atoms with Crippen molar-refractivity contribution < 1.29 is 0 Å². The van der Waals surface area contributed by atoms with Crippen LogP contribution in [0.3, 0.4) is 0 Å². The Bertz CT molecular complexity index is 664. The van der Waals surface area contributed by atoms with E-state index in [1.54, 1.807) is 11.3 Å². The number of aromatic nitrogens is 3. The Morgan fingerprint density at radius 2 is 2.05 bits per heavy atom. The standard InChI is InChI=1S/C15H16N4S2/c1-2-16-12(14-10-21-19-18-14)8-15-17-13(9-20-15)11-6-4-3-5-7-11/h3-7,9-10,12,16H,2,8H2,1H3. The molecule has 6 heteroatoms. The minimum absolute atomic E-state index is 0.184. The Kier molecular flexibility index (Phi) is 4.69. The highest BCUT2D eigenvalue weighted by molar-refractivity contribution is 7.10. The molecule has 0 radical (unpaired) electrons. The van der Waals surface area contributed by atoms with E-state index in [-0.39, 0.29) is 6.04 Å². The molecule has 2 aromatic heterocycles. The van der Waals surface area contributed by atoms with Gasteiger partial charge in [-0.25, -0.2) is 4.98 Å². The first kappa shape index (κ1) is 14.3. The maximum atomic E-state index is 4.75. The lowest BCUT2D eigenvalue weighted by Crippen LogP contribution is -2.23. The summed E-state index contributed by atoms with van der Waals surface area (Å²) in [6, 6.07) is 10.5. The van der Waals surface area contributed by atoms with Gasteiger partial charge in [0, 0.05) is 22.7 Å². The average Bonchev–Trinajstić information content (AvgIpc) is 3.19. The van der Waals surface area contributed by atoms with Crippen molar-refractivity contribution in [3.05, 3.63) is 51.8 Å². The lowest BCUT2D eigenvalue weighted by atomic mass is 10.1. The normalized spacial score (nSPS) is 12.4. The number of nitrogens with zero attached hydrogens (tertiary/aromatic N) is 3. The molecule has 1 N–H and O–H groups in total. The smallest absolute Gasteiger partial charge is 0.0952 e. The van der Waals surface area contributed by atoms with E-state index in [1.165, 1.54) is 11.5 Å². The van der Waals surface area contributed by atoms with Crippen LogP contribution in [0.15, 0.2) is 41.1 Å². The Morgan fingerprint density at radius 3 is 2.76 bits per heavy atom. The molecule has 0 spiro atoms. The number of hydrogen-bond acceptors (Lipinski definition) is 6. The number of nitrogens with one attached hydrogen (secondary N) is 1. The van der Waals surface area contributed by atoms with Crippen molar-refractivity contribution in [2.45, 2.75) is 19.4 Å². The molecule has 3 aromatic rings. The molecule has 0 amide bonds. The molecule has 0 aliphatic rings. The van der Waals surface area contributed by atoms with Crippen molar-refractivity contribution in [1.82, 2.24) is 19.9 Å². The summed E-state index contributed by atoms with van der Waals surface area (Å²) in [5.41, 5.74) is 3.20. The van der Waals surface area contributed by atoms with Crippen molar-refractivity contribution in [2.24, 2.45) is 0 Å². The van der Waals surface area contributed by atoms with Crippen molar-refractivity contribution in [3.8, 4) is 11.3 Å². The summed E-state index contributed by atoms with van der Waals surface area (Å²) in [6.45, 7) is 3.00. The Morgan fingerprint density at radius 1 is 1.19 bits per heavy atom. The maximum absolute atomic E-state index is 4.75. The van der Waals surface area contributed by atoms with Gasteiger partial charge in [-0.2, -0.15) is 0 Å². The van der Waals surface area contributed by atoms with Crippen molar-refractivity contribution >= 4 is 22.9 Å². The van der Waals surface area contributed by atoms with Crippen LogP contribution in [0.2, 0.25) is 0 Å². The largest absolute Gasteiger partial charge is 0.308 e. The third-order valence-electron chi connectivity index (χ3n) is 3.18. The van der Waals surface area contributed by atoms with Gasteiger partial charge in [0.25, 0.3) is 0 Å². The zero-order valence-corrected chi connectivity index (χ0v) is 13.3. The van der Waals surface area contributed by atoms with Gasteiger partial charge in [-0.1, -0.05) is 41.7 Å². The maximum Gasteiger partial charge on any atom is 0.0952 e. The fourth-order valence-corrected chi connectivity index (χ4v) is 3.53. The van der Waals surface area contributed by atoms with Crippen LogP contribution in [0, 0.1) is 0 Å². The Balaban J connectivity index is 1.77. The van der Waals surface area contributed by atoms with Crippen LogP contribution in [0.25, 0.3) is 11.3 Å². The van der Waals surface area contributed by atoms with Crippen molar-refractivity contribution in [3.63, 3.8) is 0 Å². The lowest BCUT2D eigenvalue weighted by Gasteiger charge is -2.13. The second-order valence-electron chi connectivity index (χ2n) is 4.64. The van der Waals surface area contributed by atoms with Gasteiger partial charge in [-0.3, -0.25) is 0 Å². The van der Waals surface area contributed by atoms with E-state index in [9.17, 15) is 0 Å². The highest BCUT2D eigenvalue weighted by atomic mass is 32.1. The van der Waals surface area contributed by atoms with Crippen LogP contribution in [-0.4, -0.2) is 21.1 Å². The molecule has 108 valence electrons. The summed E-state index contributed by atoms with van der Waals surface area (Å²) < 4.78 is 3.95. The van der Waals surface area contributed by atoms with Crippen LogP contribution in [0.1, 0.15) is 23.7 Å². The summed E-state index contributed by atoms with van der Waals surface area (Å²) >= 11 is 3.09. The summed E-state index contributed by atoms with van der Waals surface area (Å²) in [5, 5.41) is 12.9. The topological polar surface area (TPSA) is 50.7 Å². The van der Waals surface area contributed by atoms with Crippen LogP contribution in [0.4, 0.5) is 0 Å². The summed E-state index contributed by atoms with van der Waals surface area (Å²) in [7, 11) is 0. The molecule has 0 saturated carbocycles. The minimum Gasteiger partial charge on any atom is -0.308 e. The third-order valence-corrected chi connectivity index (χ3v) is 4.58. The third kappa shape index (κ3) is 3.53. The molecule has 4 nitrogen and oxygen atoms in total. The second kappa shape index (κ2) is 6.89. The number of rotatable bonds is 6. The van der Waals surface area contributed by atoms with Gasteiger partial charge in [-0.05, 0) is 18.1 Å². The number of hydrogen-bond donors (Lipinski definition) is 1. The van der Waals surface area contributed by atoms with Crippen LogP contribution in [0.5, 0.6) is 0 Å². The predicted molar refractivity (Wildman–Crippen MR) is 87.6 cm³/mol. The van der Waals surface area contributed by atoms with E-state index in [2.05, 4.69) is 39.3 Å². The highest BCUT2D eigenvalue weighted by Crippen LogP contribution is 2.25.